The number of carbonyl (C=O) groups excluding carboxylic acids is 2. The maximum absolute atomic E-state index is 13.4. The summed E-state index contributed by atoms with van der Waals surface area (Å²) in [7, 11) is 1.60. The molecule has 160 valence electrons. The van der Waals surface area contributed by atoms with Crippen molar-refractivity contribution >= 4 is 11.9 Å². The van der Waals surface area contributed by atoms with Crippen LogP contribution in [-0.2, 0) is 9.53 Å². The van der Waals surface area contributed by atoms with Crippen LogP contribution in [0.15, 0.2) is 48.2 Å². The Balaban J connectivity index is 1.59. The zero-order chi connectivity index (χ0) is 21.1. The Morgan fingerprint density at radius 2 is 2.07 bits per heavy atom. The summed E-state index contributed by atoms with van der Waals surface area (Å²) in [6.45, 7) is 9.18. The van der Waals surface area contributed by atoms with E-state index in [1.807, 2.05) is 29.2 Å². The maximum Gasteiger partial charge on any atom is 0.322 e. The van der Waals surface area contributed by atoms with Crippen LogP contribution in [0.5, 0.6) is 5.75 Å². The predicted octanol–water partition coefficient (Wildman–Crippen LogP) is 1.38. The van der Waals surface area contributed by atoms with E-state index in [1.165, 1.54) is 0 Å². The molecule has 1 atom stereocenters. The SMILES string of the molecule is C=CCN1C(=O)NC(c2cccc(OC)c2)C2=C1CN(CCN1CCOCC1)C2=O. The van der Waals surface area contributed by atoms with Gasteiger partial charge in [-0.2, -0.15) is 0 Å². The number of amides is 3. The highest BCUT2D eigenvalue weighted by atomic mass is 16.5. The minimum atomic E-state index is -0.496. The van der Waals surface area contributed by atoms with E-state index in [0.717, 1.165) is 44.1 Å². The summed E-state index contributed by atoms with van der Waals surface area (Å²) in [5.74, 6) is 0.659. The largest absolute Gasteiger partial charge is 0.497 e. The third-order valence-electron chi connectivity index (χ3n) is 5.83. The highest BCUT2D eigenvalue weighted by molar-refractivity contribution is 6.01. The third-order valence-corrected chi connectivity index (χ3v) is 5.83. The number of morpholine rings is 1. The van der Waals surface area contributed by atoms with Gasteiger partial charge in [-0.15, -0.1) is 6.58 Å². The molecule has 1 unspecified atom stereocenters. The molecule has 4 rings (SSSR count). The number of rotatable bonds is 7. The molecule has 0 radical (unpaired) electrons. The fourth-order valence-corrected chi connectivity index (χ4v) is 4.21. The van der Waals surface area contributed by atoms with Crippen LogP contribution in [0.1, 0.15) is 11.6 Å². The second-order valence-electron chi connectivity index (χ2n) is 7.60. The van der Waals surface area contributed by atoms with E-state index in [2.05, 4.69) is 16.8 Å². The lowest BCUT2D eigenvalue weighted by molar-refractivity contribution is -0.126. The van der Waals surface area contributed by atoms with Gasteiger partial charge < -0.3 is 19.7 Å². The minimum absolute atomic E-state index is 0.0276. The van der Waals surface area contributed by atoms with E-state index in [4.69, 9.17) is 9.47 Å². The number of carbonyl (C=O) groups is 2. The summed E-state index contributed by atoms with van der Waals surface area (Å²) in [6, 6.07) is 6.77. The van der Waals surface area contributed by atoms with Crippen molar-refractivity contribution < 1.29 is 19.1 Å². The molecule has 1 saturated heterocycles. The molecule has 1 fully saturated rings. The molecule has 3 aliphatic heterocycles. The van der Waals surface area contributed by atoms with Gasteiger partial charge in [0, 0.05) is 32.7 Å². The van der Waals surface area contributed by atoms with E-state index in [0.29, 0.717) is 31.0 Å². The number of hydrogen-bond donors (Lipinski definition) is 1. The Bertz CT molecular complexity index is 862. The zero-order valence-corrected chi connectivity index (χ0v) is 17.3. The number of hydrogen-bond acceptors (Lipinski definition) is 5. The molecule has 8 heteroatoms. The Kier molecular flexibility index (Phi) is 6.06. The van der Waals surface area contributed by atoms with Gasteiger partial charge in [0.15, 0.2) is 0 Å². The van der Waals surface area contributed by atoms with Gasteiger partial charge in [-0.05, 0) is 17.7 Å². The van der Waals surface area contributed by atoms with Gasteiger partial charge in [-0.25, -0.2) is 4.79 Å². The van der Waals surface area contributed by atoms with Crippen molar-refractivity contribution in [2.45, 2.75) is 6.04 Å². The summed E-state index contributed by atoms with van der Waals surface area (Å²) in [6.07, 6.45) is 1.68. The molecular formula is C22H28N4O4. The molecule has 3 amide bonds. The Morgan fingerprint density at radius 1 is 1.27 bits per heavy atom. The van der Waals surface area contributed by atoms with Crippen molar-refractivity contribution in [1.29, 1.82) is 0 Å². The number of nitrogens with one attached hydrogen (secondary N) is 1. The second-order valence-corrected chi connectivity index (χ2v) is 7.60. The monoisotopic (exact) mass is 412 g/mol. The number of methoxy groups -OCH3 is 1. The zero-order valence-electron chi connectivity index (χ0n) is 17.3. The number of urea groups is 1. The van der Waals surface area contributed by atoms with Crippen LogP contribution in [0.3, 0.4) is 0 Å². The normalized spacial score (nSPS) is 22.2. The van der Waals surface area contributed by atoms with Crippen molar-refractivity contribution in [3.05, 3.63) is 53.8 Å². The molecule has 0 aliphatic carbocycles. The van der Waals surface area contributed by atoms with Crippen molar-refractivity contribution in [2.75, 3.05) is 59.6 Å². The molecule has 0 spiro atoms. The van der Waals surface area contributed by atoms with Gasteiger partial charge in [0.1, 0.15) is 5.75 Å². The molecule has 3 aliphatic rings. The van der Waals surface area contributed by atoms with Gasteiger partial charge in [-0.1, -0.05) is 18.2 Å². The Morgan fingerprint density at radius 3 is 2.80 bits per heavy atom. The first-order valence-electron chi connectivity index (χ1n) is 10.3. The van der Waals surface area contributed by atoms with E-state index < -0.39 is 6.04 Å². The Hall–Kier alpha value is -2.84. The lowest BCUT2D eigenvalue weighted by Gasteiger charge is -2.33. The average Bonchev–Trinajstić information content (AvgIpc) is 3.11. The second kappa shape index (κ2) is 8.89. The van der Waals surface area contributed by atoms with Crippen molar-refractivity contribution in [3.8, 4) is 5.75 Å². The molecule has 8 nitrogen and oxygen atoms in total. The van der Waals surface area contributed by atoms with Crippen molar-refractivity contribution in [1.82, 2.24) is 20.0 Å². The van der Waals surface area contributed by atoms with Crippen molar-refractivity contribution in [2.24, 2.45) is 0 Å². The van der Waals surface area contributed by atoms with Gasteiger partial charge in [0.25, 0.3) is 5.91 Å². The van der Waals surface area contributed by atoms with Crippen molar-refractivity contribution in [3.63, 3.8) is 0 Å². The van der Waals surface area contributed by atoms with Gasteiger partial charge in [0.2, 0.25) is 0 Å². The number of benzene rings is 1. The van der Waals surface area contributed by atoms with E-state index >= 15 is 0 Å². The molecule has 1 N–H and O–H groups in total. The fraction of sp³-hybridized carbons (Fsp3) is 0.455. The van der Waals surface area contributed by atoms with Gasteiger partial charge >= 0.3 is 6.03 Å². The number of ether oxygens (including phenoxy) is 2. The van der Waals surface area contributed by atoms with E-state index in [-0.39, 0.29) is 11.9 Å². The van der Waals surface area contributed by atoms with E-state index in [1.54, 1.807) is 18.1 Å². The summed E-state index contributed by atoms with van der Waals surface area (Å²) in [5, 5.41) is 3.00. The first-order chi connectivity index (χ1) is 14.6. The minimum Gasteiger partial charge on any atom is -0.497 e. The van der Waals surface area contributed by atoms with Crippen LogP contribution >= 0.6 is 0 Å². The molecule has 0 saturated carbocycles. The molecule has 3 heterocycles. The highest BCUT2D eigenvalue weighted by Gasteiger charge is 2.43. The molecular weight excluding hydrogens is 384 g/mol. The topological polar surface area (TPSA) is 74.4 Å². The molecule has 1 aromatic carbocycles. The van der Waals surface area contributed by atoms with Crippen LogP contribution in [0.4, 0.5) is 4.79 Å². The van der Waals surface area contributed by atoms with Crippen LogP contribution in [0.25, 0.3) is 0 Å². The van der Waals surface area contributed by atoms with Gasteiger partial charge in [0.05, 0.1) is 44.2 Å². The maximum atomic E-state index is 13.4. The summed E-state index contributed by atoms with van der Waals surface area (Å²) < 4.78 is 10.7. The lowest BCUT2D eigenvalue weighted by atomic mass is 9.95. The number of nitrogens with zero attached hydrogens (tertiary/aromatic N) is 3. The Labute approximate surface area is 176 Å². The summed E-state index contributed by atoms with van der Waals surface area (Å²) in [5.41, 5.74) is 2.22. The molecule has 0 bridgehead atoms. The predicted molar refractivity (Wildman–Crippen MR) is 112 cm³/mol. The smallest absolute Gasteiger partial charge is 0.322 e. The van der Waals surface area contributed by atoms with Crippen LogP contribution < -0.4 is 10.1 Å². The molecule has 30 heavy (non-hydrogen) atoms. The first kappa shape index (κ1) is 20.4. The average molecular weight is 412 g/mol. The molecule has 1 aromatic rings. The van der Waals surface area contributed by atoms with Crippen LogP contribution in [-0.4, -0.2) is 86.2 Å². The van der Waals surface area contributed by atoms with Crippen LogP contribution in [0, 0.1) is 0 Å². The standard InChI is InChI=1S/C22H28N4O4/c1-3-7-26-18-15-25(9-8-24-10-12-30-13-11-24)21(27)19(18)20(23-22(26)28)16-5-4-6-17(14-16)29-2/h3-6,14,20H,1,7-13,15H2,2H3,(H,23,28). The quantitative estimate of drug-likeness (QED) is 0.685. The summed E-state index contributed by atoms with van der Waals surface area (Å²) >= 11 is 0. The van der Waals surface area contributed by atoms with E-state index in [9.17, 15) is 9.59 Å². The first-order valence-corrected chi connectivity index (χ1v) is 10.3. The van der Waals surface area contributed by atoms with Crippen LogP contribution in [0.2, 0.25) is 0 Å². The summed E-state index contributed by atoms with van der Waals surface area (Å²) in [4.78, 5) is 32.0. The fourth-order valence-electron chi connectivity index (χ4n) is 4.21. The molecule has 0 aromatic heterocycles. The lowest BCUT2D eigenvalue weighted by Crippen LogP contribution is -2.47. The highest BCUT2D eigenvalue weighted by Crippen LogP contribution is 2.37. The third kappa shape index (κ3) is 3.93. The van der Waals surface area contributed by atoms with Gasteiger partial charge in [-0.3, -0.25) is 14.6 Å².